The van der Waals surface area contributed by atoms with Crippen molar-refractivity contribution in [3.63, 3.8) is 0 Å². The number of anilines is 2. The molecule has 140 valence electrons. The molecule has 0 amide bonds. The third kappa shape index (κ3) is 5.15. The molecule has 0 saturated carbocycles. The molecule has 2 aromatic rings. The van der Waals surface area contributed by atoms with Crippen molar-refractivity contribution < 1.29 is 23.7 Å². The minimum atomic E-state index is -3.37. The van der Waals surface area contributed by atoms with E-state index < -0.39 is 18.6 Å². The summed E-state index contributed by atoms with van der Waals surface area (Å²) in [5.74, 6) is -3.15. The summed E-state index contributed by atoms with van der Waals surface area (Å²) in [5.41, 5.74) is 6.64. The number of benzene rings is 1. The van der Waals surface area contributed by atoms with Crippen molar-refractivity contribution >= 4 is 26.5 Å². The Morgan fingerprint density at radius 3 is 2.54 bits per heavy atom. The lowest BCUT2D eigenvalue weighted by molar-refractivity contribution is -0.0892. The molecule has 2 rings (SSSR count). The molecule has 0 aliphatic heterocycles. The van der Waals surface area contributed by atoms with Crippen LogP contribution in [0.3, 0.4) is 0 Å². The predicted octanol–water partition coefficient (Wildman–Crippen LogP) is 1.98. The number of pyridine rings is 1. The molecule has 0 bridgehead atoms. The van der Waals surface area contributed by atoms with Gasteiger partial charge in [-0.1, -0.05) is 0 Å². The molecule has 0 fully saturated rings. The second-order valence-corrected chi connectivity index (χ2v) is 5.99. The van der Waals surface area contributed by atoms with E-state index in [1.165, 1.54) is 45.8 Å². The Balaban J connectivity index is 2.32. The highest BCUT2D eigenvalue weighted by molar-refractivity contribution is 7.17. The number of hydrogen-bond acceptors (Lipinski definition) is 7. The molecule has 0 aliphatic carbocycles. The van der Waals surface area contributed by atoms with Gasteiger partial charge in [-0.3, -0.25) is 0 Å². The first-order valence-electron chi connectivity index (χ1n) is 7.53. The molecular formula is C16H19F2N4O3P. The minimum absolute atomic E-state index is 0.0192. The Kier molecular flexibility index (Phi) is 6.55. The number of aromatic nitrogens is 1. The molecule has 2 unspecified atom stereocenters. The van der Waals surface area contributed by atoms with E-state index in [9.17, 15) is 19.0 Å². The lowest BCUT2D eigenvalue weighted by atomic mass is 10.00. The van der Waals surface area contributed by atoms with Crippen molar-refractivity contribution in [1.29, 1.82) is 5.41 Å². The summed E-state index contributed by atoms with van der Waals surface area (Å²) in [5, 5.41) is 30.1. The second-order valence-electron chi connectivity index (χ2n) is 5.32. The van der Waals surface area contributed by atoms with Gasteiger partial charge in [-0.25, -0.2) is 4.98 Å². The summed E-state index contributed by atoms with van der Waals surface area (Å²) in [6.07, 6.45) is 0.219. The van der Waals surface area contributed by atoms with Gasteiger partial charge in [0.05, 0.1) is 12.3 Å². The molecule has 10 heteroatoms. The van der Waals surface area contributed by atoms with Crippen LogP contribution < -0.4 is 15.8 Å². The van der Waals surface area contributed by atoms with Crippen LogP contribution in [0.2, 0.25) is 0 Å². The number of hydrogen-bond donors (Lipinski definition) is 5. The zero-order chi connectivity index (χ0) is 19.3. The SMILES string of the molecule is N=C(CN)c1c(C(O)CO)ccnc1Nc1ccc(OC(F)(F)P)cc1. The Morgan fingerprint density at radius 1 is 1.35 bits per heavy atom. The fraction of sp³-hybridized carbons (Fsp3) is 0.250. The standard InChI is InChI=1S/C16H19F2N4O3P/c17-16(18,26)25-10-3-1-9(2-4-10)22-15-14(12(20)7-19)11(5-6-21-15)13(24)8-23/h1-6,13,20,23-24H,7-8,19,26H2,(H,21,22). The molecule has 2 atom stereocenters. The summed E-state index contributed by atoms with van der Waals surface area (Å²) in [6, 6.07) is 7.18. The van der Waals surface area contributed by atoms with Gasteiger partial charge >= 0.3 is 5.85 Å². The van der Waals surface area contributed by atoms with Crippen molar-refractivity contribution in [2.45, 2.75) is 12.0 Å². The monoisotopic (exact) mass is 384 g/mol. The number of aliphatic hydroxyl groups is 2. The van der Waals surface area contributed by atoms with E-state index in [0.717, 1.165) is 0 Å². The number of ether oxygens (including phenoxy) is 1. The topological polar surface area (TPSA) is 124 Å². The smallest absolute Gasteiger partial charge is 0.408 e. The predicted molar refractivity (Wildman–Crippen MR) is 97.2 cm³/mol. The normalized spacial score (nSPS) is 12.5. The number of nitrogens with two attached hydrogens (primary N) is 1. The van der Waals surface area contributed by atoms with Gasteiger partial charge < -0.3 is 31.4 Å². The number of aliphatic hydroxyl groups excluding tert-OH is 2. The largest absolute Gasteiger partial charge is 0.430 e. The van der Waals surface area contributed by atoms with E-state index in [2.05, 4.69) is 15.0 Å². The van der Waals surface area contributed by atoms with Crippen LogP contribution in [0.4, 0.5) is 20.3 Å². The van der Waals surface area contributed by atoms with Crippen molar-refractivity contribution in [3.05, 3.63) is 47.7 Å². The summed E-state index contributed by atoms with van der Waals surface area (Å²) in [4.78, 5) is 4.15. The Morgan fingerprint density at radius 2 is 2.00 bits per heavy atom. The Bertz CT molecular complexity index is 769. The third-order valence-electron chi connectivity index (χ3n) is 3.39. The fourth-order valence-corrected chi connectivity index (χ4v) is 2.40. The number of rotatable bonds is 8. The maximum absolute atomic E-state index is 12.8. The van der Waals surface area contributed by atoms with Gasteiger partial charge in [-0.2, -0.15) is 8.78 Å². The van der Waals surface area contributed by atoms with Crippen molar-refractivity contribution in [2.24, 2.45) is 5.73 Å². The Labute approximate surface area is 150 Å². The number of nitrogens with zero attached hydrogens (tertiary/aromatic N) is 1. The van der Waals surface area contributed by atoms with Crippen LogP contribution >= 0.6 is 9.24 Å². The molecule has 1 aromatic carbocycles. The fourth-order valence-electron chi connectivity index (χ4n) is 2.27. The Hall–Kier alpha value is -2.19. The number of nitrogens with one attached hydrogen (secondary N) is 2. The summed E-state index contributed by atoms with van der Waals surface area (Å²) in [6.45, 7) is -0.620. The van der Waals surface area contributed by atoms with Crippen molar-refractivity contribution in [3.8, 4) is 5.75 Å². The lowest BCUT2D eigenvalue weighted by Crippen LogP contribution is -2.20. The molecule has 1 heterocycles. The molecule has 0 spiro atoms. The summed E-state index contributed by atoms with van der Waals surface area (Å²) >= 11 is 0. The molecule has 26 heavy (non-hydrogen) atoms. The highest BCUT2D eigenvalue weighted by Gasteiger charge is 2.23. The first-order valence-corrected chi connectivity index (χ1v) is 8.11. The summed E-state index contributed by atoms with van der Waals surface area (Å²) in [7, 11) is 1.29. The van der Waals surface area contributed by atoms with Crippen LogP contribution in [0, 0.1) is 5.41 Å². The molecule has 7 nitrogen and oxygen atoms in total. The van der Waals surface area contributed by atoms with Gasteiger partial charge in [-0.15, -0.1) is 0 Å². The zero-order valence-corrected chi connectivity index (χ0v) is 14.8. The molecule has 1 aromatic heterocycles. The van der Waals surface area contributed by atoms with Crippen LogP contribution in [-0.4, -0.2) is 39.9 Å². The van der Waals surface area contributed by atoms with E-state index in [4.69, 9.17) is 11.1 Å². The first-order chi connectivity index (χ1) is 12.2. The minimum Gasteiger partial charge on any atom is -0.430 e. The van der Waals surface area contributed by atoms with Crippen LogP contribution in [0.15, 0.2) is 36.5 Å². The van der Waals surface area contributed by atoms with Crippen LogP contribution in [0.25, 0.3) is 0 Å². The van der Waals surface area contributed by atoms with Crippen LogP contribution in [0.5, 0.6) is 5.75 Å². The number of alkyl halides is 2. The third-order valence-corrected chi connectivity index (χ3v) is 3.51. The first kappa shape index (κ1) is 20.1. The van der Waals surface area contributed by atoms with Gasteiger partial charge in [-0.05, 0) is 45.1 Å². The van der Waals surface area contributed by atoms with Crippen molar-refractivity contribution in [2.75, 3.05) is 18.5 Å². The highest BCUT2D eigenvalue weighted by atomic mass is 31.0. The van der Waals surface area contributed by atoms with Crippen LogP contribution in [0.1, 0.15) is 17.2 Å². The average Bonchev–Trinajstić information content (AvgIpc) is 2.60. The maximum atomic E-state index is 12.8. The van der Waals surface area contributed by atoms with Gasteiger partial charge in [0.1, 0.15) is 17.7 Å². The molecule has 0 saturated heterocycles. The molecule has 0 radical (unpaired) electrons. The second kappa shape index (κ2) is 8.46. The zero-order valence-electron chi connectivity index (χ0n) is 13.6. The van der Waals surface area contributed by atoms with E-state index in [0.29, 0.717) is 11.3 Å². The highest BCUT2D eigenvalue weighted by Crippen LogP contribution is 2.30. The molecular weight excluding hydrogens is 365 g/mol. The quantitative estimate of drug-likeness (QED) is 0.350. The van der Waals surface area contributed by atoms with Crippen molar-refractivity contribution in [1.82, 2.24) is 4.98 Å². The average molecular weight is 384 g/mol. The summed E-state index contributed by atoms with van der Waals surface area (Å²) < 4.78 is 30.1. The van der Waals surface area contributed by atoms with E-state index in [1.807, 2.05) is 0 Å². The lowest BCUT2D eigenvalue weighted by Gasteiger charge is -2.18. The van der Waals surface area contributed by atoms with Gasteiger partial charge in [0.15, 0.2) is 0 Å². The van der Waals surface area contributed by atoms with E-state index in [-0.39, 0.29) is 29.4 Å². The van der Waals surface area contributed by atoms with Gasteiger partial charge in [0.2, 0.25) is 0 Å². The van der Waals surface area contributed by atoms with E-state index in [1.54, 1.807) is 0 Å². The van der Waals surface area contributed by atoms with Gasteiger partial charge in [0, 0.05) is 24.0 Å². The molecule has 6 N–H and O–H groups in total. The van der Waals surface area contributed by atoms with Gasteiger partial charge in [0.25, 0.3) is 0 Å². The number of halogens is 2. The van der Waals surface area contributed by atoms with Crippen LogP contribution in [-0.2, 0) is 0 Å². The van der Waals surface area contributed by atoms with E-state index >= 15 is 0 Å². The molecule has 0 aliphatic rings. The maximum Gasteiger partial charge on any atom is 0.408 e.